The second-order valence-electron chi connectivity index (χ2n) is 4.14. The van der Waals surface area contributed by atoms with Crippen LogP contribution in [-0.4, -0.2) is 19.0 Å². The molecule has 1 amide bonds. The first-order valence-electron chi connectivity index (χ1n) is 6.25. The zero-order chi connectivity index (χ0) is 15.1. The van der Waals surface area contributed by atoms with Crippen molar-refractivity contribution >= 4 is 17.6 Å². The number of carbonyl (C=O) groups excluding carboxylic acids is 2. The second kappa shape index (κ2) is 6.92. The van der Waals surface area contributed by atoms with Gasteiger partial charge in [0.25, 0.3) is 0 Å². The highest BCUT2D eigenvalue weighted by Gasteiger charge is 2.06. The van der Waals surface area contributed by atoms with Crippen LogP contribution in [0.2, 0.25) is 0 Å². The van der Waals surface area contributed by atoms with Gasteiger partial charge in [-0.1, -0.05) is 30.2 Å². The first kappa shape index (κ1) is 14.4. The Hall–Kier alpha value is -3.06. The van der Waals surface area contributed by atoms with Crippen LogP contribution < -0.4 is 5.32 Å². The normalized spacial score (nSPS) is 9.19. The number of benzene rings is 2. The van der Waals surface area contributed by atoms with Crippen molar-refractivity contribution in [1.29, 1.82) is 0 Å². The molecule has 4 heteroatoms. The van der Waals surface area contributed by atoms with E-state index in [1.54, 1.807) is 18.2 Å². The Kier molecular flexibility index (Phi) is 4.73. The average molecular weight is 279 g/mol. The lowest BCUT2D eigenvalue weighted by Crippen LogP contribution is -2.09. The fourth-order valence-corrected chi connectivity index (χ4v) is 1.65. The lowest BCUT2D eigenvalue weighted by atomic mass is 10.2. The largest absolute Gasteiger partial charge is 0.465 e. The molecule has 2 aromatic rings. The summed E-state index contributed by atoms with van der Waals surface area (Å²) in [6.07, 6.45) is 0. The lowest BCUT2D eigenvalue weighted by Gasteiger charge is -2.03. The third kappa shape index (κ3) is 4.22. The van der Waals surface area contributed by atoms with Gasteiger partial charge in [-0.3, -0.25) is 4.79 Å². The smallest absolute Gasteiger partial charge is 0.337 e. The minimum Gasteiger partial charge on any atom is -0.465 e. The summed E-state index contributed by atoms with van der Waals surface area (Å²) in [6.45, 7) is 0. The molecule has 0 saturated heterocycles. The van der Waals surface area contributed by atoms with E-state index in [4.69, 9.17) is 0 Å². The van der Waals surface area contributed by atoms with Crippen LogP contribution in [0.5, 0.6) is 0 Å². The van der Waals surface area contributed by atoms with Crippen molar-refractivity contribution in [2.24, 2.45) is 0 Å². The Bertz CT molecular complexity index is 712. The molecule has 104 valence electrons. The van der Waals surface area contributed by atoms with Gasteiger partial charge in [0.1, 0.15) is 0 Å². The van der Waals surface area contributed by atoms with Crippen LogP contribution in [0.1, 0.15) is 15.9 Å². The van der Waals surface area contributed by atoms with E-state index in [1.807, 2.05) is 30.3 Å². The maximum Gasteiger partial charge on any atom is 0.337 e. The highest BCUT2D eigenvalue weighted by molar-refractivity contribution is 6.04. The SMILES string of the molecule is COC(=O)c1cccc(NC(=O)C#Cc2ccccc2)c1. The quantitative estimate of drug-likeness (QED) is 0.678. The molecular weight excluding hydrogens is 266 g/mol. The van der Waals surface area contributed by atoms with E-state index < -0.39 is 11.9 Å². The molecule has 4 nitrogen and oxygen atoms in total. The monoisotopic (exact) mass is 279 g/mol. The fourth-order valence-electron chi connectivity index (χ4n) is 1.65. The molecule has 0 fully saturated rings. The van der Waals surface area contributed by atoms with E-state index in [0.717, 1.165) is 5.56 Å². The summed E-state index contributed by atoms with van der Waals surface area (Å²) in [5.74, 6) is 4.35. The Labute approximate surface area is 122 Å². The molecule has 0 heterocycles. The van der Waals surface area contributed by atoms with Crippen LogP contribution in [0.4, 0.5) is 5.69 Å². The zero-order valence-corrected chi connectivity index (χ0v) is 11.4. The van der Waals surface area contributed by atoms with E-state index in [1.165, 1.54) is 13.2 Å². The number of hydrogen-bond donors (Lipinski definition) is 1. The Morgan fingerprint density at radius 3 is 2.52 bits per heavy atom. The highest BCUT2D eigenvalue weighted by atomic mass is 16.5. The minimum absolute atomic E-state index is 0.367. The minimum atomic E-state index is -0.457. The van der Waals surface area contributed by atoms with Crippen LogP contribution in [0.3, 0.4) is 0 Å². The molecule has 0 aromatic heterocycles. The molecule has 0 unspecified atom stereocenters. The van der Waals surface area contributed by atoms with Gasteiger partial charge < -0.3 is 10.1 Å². The van der Waals surface area contributed by atoms with Crippen LogP contribution in [-0.2, 0) is 9.53 Å². The van der Waals surface area contributed by atoms with Crippen molar-refractivity contribution in [2.75, 3.05) is 12.4 Å². The molecule has 0 radical (unpaired) electrons. The van der Waals surface area contributed by atoms with Crippen LogP contribution >= 0.6 is 0 Å². The van der Waals surface area contributed by atoms with Crippen LogP contribution in [0, 0.1) is 11.8 Å². The summed E-state index contributed by atoms with van der Waals surface area (Å²) < 4.78 is 4.62. The van der Waals surface area contributed by atoms with Gasteiger partial charge in [-0.15, -0.1) is 0 Å². The number of amides is 1. The summed E-state index contributed by atoms with van der Waals surface area (Å²) in [5, 5.41) is 2.61. The predicted octanol–water partition coefficient (Wildman–Crippen LogP) is 2.46. The Morgan fingerprint density at radius 2 is 1.81 bits per heavy atom. The maximum atomic E-state index is 11.7. The van der Waals surface area contributed by atoms with Crippen LogP contribution in [0.15, 0.2) is 54.6 Å². The zero-order valence-electron chi connectivity index (χ0n) is 11.4. The lowest BCUT2D eigenvalue weighted by molar-refractivity contribution is -0.111. The van der Waals surface area contributed by atoms with Crippen molar-refractivity contribution in [3.63, 3.8) is 0 Å². The number of esters is 1. The number of nitrogens with one attached hydrogen (secondary N) is 1. The van der Waals surface area contributed by atoms with Crippen molar-refractivity contribution in [1.82, 2.24) is 0 Å². The molecule has 0 saturated carbocycles. The first-order chi connectivity index (χ1) is 10.2. The topological polar surface area (TPSA) is 55.4 Å². The van der Waals surface area contributed by atoms with Crippen LogP contribution in [0.25, 0.3) is 0 Å². The molecular formula is C17H13NO3. The molecule has 2 aromatic carbocycles. The summed E-state index contributed by atoms with van der Waals surface area (Å²) in [4.78, 5) is 23.1. The van der Waals surface area contributed by atoms with Crippen molar-refractivity contribution in [3.05, 3.63) is 65.7 Å². The Balaban J connectivity index is 2.07. The summed E-state index contributed by atoms with van der Waals surface area (Å²) in [6, 6.07) is 15.7. The second-order valence-corrected chi connectivity index (χ2v) is 4.14. The number of carbonyl (C=O) groups is 2. The van der Waals surface area contributed by atoms with Gasteiger partial charge in [0.05, 0.1) is 12.7 Å². The fraction of sp³-hybridized carbons (Fsp3) is 0.0588. The molecule has 1 N–H and O–H groups in total. The van der Waals surface area contributed by atoms with Gasteiger partial charge in [-0.25, -0.2) is 4.79 Å². The number of rotatable bonds is 2. The summed E-state index contributed by atoms with van der Waals surface area (Å²) in [5.41, 5.74) is 1.62. The number of anilines is 1. The third-order valence-electron chi connectivity index (χ3n) is 2.64. The van der Waals surface area contributed by atoms with Gasteiger partial charge in [0, 0.05) is 17.2 Å². The van der Waals surface area contributed by atoms with Crippen molar-refractivity contribution < 1.29 is 14.3 Å². The van der Waals surface area contributed by atoms with Gasteiger partial charge in [-0.05, 0) is 30.3 Å². The van der Waals surface area contributed by atoms with Gasteiger partial charge in [0.2, 0.25) is 0 Å². The average Bonchev–Trinajstić information content (AvgIpc) is 2.53. The van der Waals surface area contributed by atoms with Crippen molar-refractivity contribution in [3.8, 4) is 11.8 Å². The van der Waals surface area contributed by atoms with Gasteiger partial charge >= 0.3 is 11.9 Å². The van der Waals surface area contributed by atoms with E-state index in [2.05, 4.69) is 21.9 Å². The van der Waals surface area contributed by atoms with E-state index >= 15 is 0 Å². The summed E-state index contributed by atoms with van der Waals surface area (Å²) in [7, 11) is 1.30. The summed E-state index contributed by atoms with van der Waals surface area (Å²) >= 11 is 0. The molecule has 21 heavy (non-hydrogen) atoms. The number of hydrogen-bond acceptors (Lipinski definition) is 3. The molecule has 0 aliphatic carbocycles. The van der Waals surface area contributed by atoms with Gasteiger partial charge in [-0.2, -0.15) is 0 Å². The van der Waals surface area contributed by atoms with Crippen molar-refractivity contribution in [2.45, 2.75) is 0 Å². The van der Waals surface area contributed by atoms with E-state index in [9.17, 15) is 9.59 Å². The Morgan fingerprint density at radius 1 is 1.05 bits per heavy atom. The van der Waals surface area contributed by atoms with E-state index in [0.29, 0.717) is 11.3 Å². The predicted molar refractivity (Wildman–Crippen MR) is 79.7 cm³/mol. The standard InChI is InChI=1S/C17H13NO3/c1-21-17(20)14-8-5-9-15(12-14)18-16(19)11-10-13-6-3-2-4-7-13/h2-9,12H,1H3,(H,18,19). The third-order valence-corrected chi connectivity index (χ3v) is 2.64. The number of methoxy groups -OCH3 is 1. The molecule has 0 aliphatic heterocycles. The maximum absolute atomic E-state index is 11.7. The molecule has 2 rings (SSSR count). The number of ether oxygens (including phenoxy) is 1. The molecule has 0 atom stereocenters. The van der Waals surface area contributed by atoms with Gasteiger partial charge in [0.15, 0.2) is 0 Å². The highest BCUT2D eigenvalue weighted by Crippen LogP contribution is 2.11. The molecule has 0 spiro atoms. The van der Waals surface area contributed by atoms with E-state index in [-0.39, 0.29) is 0 Å². The molecule has 0 aliphatic rings. The first-order valence-corrected chi connectivity index (χ1v) is 6.25. The molecule has 0 bridgehead atoms.